The highest BCUT2D eigenvalue weighted by atomic mass is 16.6. The normalized spacial score (nSPS) is 12.1. The molecule has 0 aliphatic carbocycles. The van der Waals surface area contributed by atoms with Crippen molar-refractivity contribution < 1.29 is 14.3 Å². The minimum absolute atomic E-state index is 0.0495. The van der Waals surface area contributed by atoms with E-state index in [0.29, 0.717) is 12.2 Å². The molecule has 1 heterocycles. The SMILES string of the molecule is CCN(C)C(=O)C(C)Nc1ccc([N+](=O)[O-])c2nonc12. The Balaban J connectivity index is 2.32. The average molecular weight is 293 g/mol. The van der Waals surface area contributed by atoms with E-state index in [2.05, 4.69) is 20.3 Å². The Morgan fingerprint density at radius 1 is 1.48 bits per heavy atom. The first-order chi connectivity index (χ1) is 9.95. The van der Waals surface area contributed by atoms with Gasteiger partial charge in [-0.1, -0.05) is 0 Å². The Morgan fingerprint density at radius 3 is 2.76 bits per heavy atom. The molecule has 0 saturated heterocycles. The van der Waals surface area contributed by atoms with Crippen molar-refractivity contribution in [3.8, 4) is 0 Å². The van der Waals surface area contributed by atoms with Crippen LogP contribution < -0.4 is 5.32 Å². The van der Waals surface area contributed by atoms with Crippen LogP contribution in [0.5, 0.6) is 0 Å². The number of rotatable bonds is 5. The molecule has 21 heavy (non-hydrogen) atoms. The lowest BCUT2D eigenvalue weighted by Crippen LogP contribution is -2.38. The van der Waals surface area contributed by atoms with E-state index in [-0.39, 0.29) is 22.6 Å². The molecule has 1 atom stereocenters. The van der Waals surface area contributed by atoms with Crippen molar-refractivity contribution in [3.63, 3.8) is 0 Å². The summed E-state index contributed by atoms with van der Waals surface area (Å²) in [6, 6.07) is 2.28. The predicted molar refractivity (Wildman–Crippen MR) is 74.9 cm³/mol. The molecule has 0 aliphatic heterocycles. The first kappa shape index (κ1) is 14.7. The van der Waals surface area contributed by atoms with Gasteiger partial charge >= 0.3 is 5.69 Å². The molecule has 2 aromatic rings. The fourth-order valence-electron chi connectivity index (χ4n) is 1.90. The molecule has 0 radical (unpaired) electrons. The van der Waals surface area contributed by atoms with Crippen LogP contribution in [0.2, 0.25) is 0 Å². The second kappa shape index (κ2) is 5.73. The van der Waals surface area contributed by atoms with Gasteiger partial charge in [-0.15, -0.1) is 0 Å². The van der Waals surface area contributed by atoms with Gasteiger partial charge in [0.1, 0.15) is 6.04 Å². The molecule has 1 amide bonds. The zero-order valence-electron chi connectivity index (χ0n) is 11.9. The van der Waals surface area contributed by atoms with Crippen LogP contribution in [0.25, 0.3) is 11.0 Å². The number of likely N-dealkylation sites (N-methyl/N-ethyl adjacent to an activating group) is 1. The summed E-state index contributed by atoms with van der Waals surface area (Å²) in [6.45, 7) is 4.16. The first-order valence-electron chi connectivity index (χ1n) is 6.36. The van der Waals surface area contributed by atoms with Crippen molar-refractivity contribution in [1.82, 2.24) is 15.2 Å². The number of carbonyl (C=O) groups is 1. The standard InChI is InChI=1S/C12H15N5O4/c1-4-16(3)12(18)7(2)13-8-5-6-9(17(19)20)11-10(8)14-21-15-11/h5-7,13H,4H2,1-3H3. The van der Waals surface area contributed by atoms with E-state index in [4.69, 9.17) is 0 Å². The minimum atomic E-state index is -0.560. The number of fused-ring (bicyclic) bond motifs is 1. The van der Waals surface area contributed by atoms with Crippen LogP contribution in [0, 0.1) is 10.1 Å². The summed E-state index contributed by atoms with van der Waals surface area (Å²) in [5.74, 6) is -0.0968. The largest absolute Gasteiger partial charge is 0.372 e. The molecule has 0 aliphatic rings. The van der Waals surface area contributed by atoms with Crippen molar-refractivity contribution in [2.75, 3.05) is 18.9 Å². The third-order valence-corrected chi connectivity index (χ3v) is 3.18. The Hall–Kier alpha value is -2.71. The van der Waals surface area contributed by atoms with Crippen LogP contribution in [-0.2, 0) is 4.79 Å². The van der Waals surface area contributed by atoms with Gasteiger partial charge in [-0.3, -0.25) is 14.9 Å². The number of nitro groups is 1. The van der Waals surface area contributed by atoms with E-state index in [1.54, 1.807) is 18.9 Å². The summed E-state index contributed by atoms with van der Waals surface area (Å²) in [7, 11) is 1.70. The predicted octanol–water partition coefficient (Wildman–Crippen LogP) is 1.41. The lowest BCUT2D eigenvalue weighted by atomic mass is 10.2. The van der Waals surface area contributed by atoms with Crippen LogP contribution in [0.15, 0.2) is 16.8 Å². The van der Waals surface area contributed by atoms with Crippen molar-refractivity contribution >= 4 is 28.3 Å². The molecule has 1 aromatic carbocycles. The Labute approximate surface area is 120 Å². The topological polar surface area (TPSA) is 114 Å². The maximum absolute atomic E-state index is 12.0. The van der Waals surface area contributed by atoms with E-state index < -0.39 is 11.0 Å². The van der Waals surface area contributed by atoms with Crippen molar-refractivity contribution in [2.45, 2.75) is 19.9 Å². The van der Waals surface area contributed by atoms with Gasteiger partial charge in [0.25, 0.3) is 0 Å². The van der Waals surface area contributed by atoms with Gasteiger partial charge in [-0.2, -0.15) is 0 Å². The molecule has 1 unspecified atom stereocenters. The number of aromatic nitrogens is 2. The van der Waals surface area contributed by atoms with Gasteiger partial charge in [0.2, 0.25) is 11.4 Å². The van der Waals surface area contributed by atoms with Gasteiger partial charge in [0, 0.05) is 19.7 Å². The summed E-state index contributed by atoms with van der Waals surface area (Å²) in [4.78, 5) is 23.9. The van der Waals surface area contributed by atoms with Gasteiger partial charge in [-0.05, 0) is 30.2 Å². The number of carbonyl (C=O) groups excluding carboxylic acids is 1. The highest BCUT2D eigenvalue weighted by molar-refractivity contribution is 5.95. The zero-order valence-corrected chi connectivity index (χ0v) is 11.9. The van der Waals surface area contributed by atoms with Crippen LogP contribution in [0.1, 0.15) is 13.8 Å². The van der Waals surface area contributed by atoms with E-state index in [0.717, 1.165) is 0 Å². The maximum atomic E-state index is 12.0. The van der Waals surface area contributed by atoms with Crippen molar-refractivity contribution in [3.05, 3.63) is 22.2 Å². The molecule has 2 rings (SSSR count). The van der Waals surface area contributed by atoms with Crippen LogP contribution in [0.4, 0.5) is 11.4 Å². The highest BCUT2D eigenvalue weighted by Crippen LogP contribution is 2.29. The number of anilines is 1. The zero-order chi connectivity index (χ0) is 15.6. The highest BCUT2D eigenvalue weighted by Gasteiger charge is 2.22. The van der Waals surface area contributed by atoms with E-state index >= 15 is 0 Å². The Kier molecular flexibility index (Phi) is 4.01. The first-order valence-corrected chi connectivity index (χ1v) is 6.36. The molecule has 1 aromatic heterocycles. The summed E-state index contributed by atoms with van der Waals surface area (Å²) in [6.07, 6.45) is 0. The molecule has 0 fully saturated rings. The summed E-state index contributed by atoms with van der Waals surface area (Å²) in [5, 5.41) is 21.1. The maximum Gasteiger partial charge on any atom is 0.300 e. The number of nitrogens with zero attached hydrogens (tertiary/aromatic N) is 4. The smallest absolute Gasteiger partial charge is 0.300 e. The molecule has 0 saturated carbocycles. The second-order valence-electron chi connectivity index (χ2n) is 4.57. The average Bonchev–Trinajstić information content (AvgIpc) is 2.95. The lowest BCUT2D eigenvalue weighted by molar-refractivity contribution is -0.383. The van der Waals surface area contributed by atoms with Crippen molar-refractivity contribution in [2.24, 2.45) is 0 Å². The van der Waals surface area contributed by atoms with Crippen LogP contribution in [0.3, 0.4) is 0 Å². The summed E-state index contributed by atoms with van der Waals surface area (Å²) in [5.41, 5.74) is 0.542. The quantitative estimate of drug-likeness (QED) is 0.654. The number of hydrogen-bond acceptors (Lipinski definition) is 7. The number of amides is 1. The number of benzene rings is 1. The number of non-ortho nitro benzene ring substituents is 1. The number of hydrogen-bond donors (Lipinski definition) is 1. The second-order valence-corrected chi connectivity index (χ2v) is 4.57. The lowest BCUT2D eigenvalue weighted by Gasteiger charge is -2.21. The van der Waals surface area contributed by atoms with E-state index in [1.165, 1.54) is 12.1 Å². The van der Waals surface area contributed by atoms with Crippen LogP contribution in [-0.4, -0.2) is 45.7 Å². The van der Waals surface area contributed by atoms with Gasteiger partial charge in [0.15, 0.2) is 5.52 Å². The summed E-state index contributed by atoms with van der Waals surface area (Å²) >= 11 is 0. The Bertz CT molecular complexity index is 683. The molecule has 0 spiro atoms. The Morgan fingerprint density at radius 2 is 2.14 bits per heavy atom. The number of nitro benzene ring substituents is 1. The molecule has 1 N–H and O–H groups in total. The van der Waals surface area contributed by atoms with E-state index in [9.17, 15) is 14.9 Å². The molecule has 0 bridgehead atoms. The summed E-state index contributed by atoms with van der Waals surface area (Å²) < 4.78 is 4.57. The van der Waals surface area contributed by atoms with Crippen LogP contribution >= 0.6 is 0 Å². The third kappa shape index (κ3) is 2.76. The third-order valence-electron chi connectivity index (χ3n) is 3.18. The molecule has 9 nitrogen and oxygen atoms in total. The fraction of sp³-hybridized carbons (Fsp3) is 0.417. The number of nitrogens with one attached hydrogen (secondary N) is 1. The molecular weight excluding hydrogens is 278 g/mol. The van der Waals surface area contributed by atoms with Gasteiger partial charge in [0.05, 0.1) is 10.6 Å². The monoisotopic (exact) mass is 293 g/mol. The van der Waals surface area contributed by atoms with Gasteiger partial charge in [-0.25, -0.2) is 4.63 Å². The minimum Gasteiger partial charge on any atom is -0.372 e. The van der Waals surface area contributed by atoms with Crippen molar-refractivity contribution in [1.29, 1.82) is 0 Å². The van der Waals surface area contributed by atoms with E-state index in [1.807, 2.05) is 6.92 Å². The molecular formula is C12H15N5O4. The molecule has 112 valence electrons. The van der Waals surface area contributed by atoms with Gasteiger partial charge < -0.3 is 10.2 Å². The fourth-order valence-corrected chi connectivity index (χ4v) is 1.90. The molecule has 9 heteroatoms.